The van der Waals surface area contributed by atoms with Gasteiger partial charge in [0.15, 0.2) is 0 Å². The summed E-state index contributed by atoms with van der Waals surface area (Å²) in [7, 11) is 1.32. The number of aromatic hydroxyl groups is 1. The molecular weight excluding hydrogens is 760 g/mol. The van der Waals surface area contributed by atoms with Gasteiger partial charge < -0.3 is 40.1 Å². The number of likely N-dealkylation sites (tertiary alicyclic amines) is 3. The van der Waals surface area contributed by atoms with Gasteiger partial charge in [-0.1, -0.05) is 12.5 Å². The van der Waals surface area contributed by atoms with E-state index in [2.05, 4.69) is 47.4 Å². The van der Waals surface area contributed by atoms with E-state index in [1.165, 1.54) is 26.4 Å². The maximum atomic E-state index is 14.0. The molecule has 2 aromatic rings. The van der Waals surface area contributed by atoms with E-state index in [4.69, 9.17) is 4.74 Å². The summed E-state index contributed by atoms with van der Waals surface area (Å²) in [5.41, 5.74) is 2.67. The summed E-state index contributed by atoms with van der Waals surface area (Å²) in [6.07, 6.45) is 7.08. The lowest BCUT2D eigenvalue weighted by atomic mass is 9.98. The number of hydrogen-bond acceptors (Lipinski definition) is 7. The Kier molecular flexibility index (Phi) is 11.3. The van der Waals surface area contributed by atoms with Crippen LogP contribution in [0.4, 0.5) is 15.3 Å². The number of carbonyl (C=O) groups is 4. The van der Waals surface area contributed by atoms with Gasteiger partial charge >= 0.3 is 18.0 Å². The van der Waals surface area contributed by atoms with Crippen LogP contribution in [0.5, 0.6) is 5.75 Å². The quantitative estimate of drug-likeness (QED) is 0.323. The molecule has 4 aliphatic rings. The largest absolute Gasteiger partial charge is 0.506 e. The summed E-state index contributed by atoms with van der Waals surface area (Å²) >= 11 is 6.79. The lowest BCUT2D eigenvalue weighted by Crippen LogP contribution is -2.57. The fraction of sp³-hybridized carbons (Fsp3) is 0.543. The molecule has 3 fully saturated rings. The van der Waals surface area contributed by atoms with E-state index in [1.807, 2.05) is 11.0 Å². The molecule has 3 saturated heterocycles. The molecule has 0 aliphatic carbocycles. The minimum Gasteiger partial charge on any atom is -0.506 e. The van der Waals surface area contributed by atoms with Crippen LogP contribution in [0.15, 0.2) is 39.3 Å². The first-order chi connectivity index (χ1) is 23.6. The number of hydrogen-bond donors (Lipinski definition) is 3. The number of fused-ring (bicyclic) bond motifs is 1. The van der Waals surface area contributed by atoms with Crippen molar-refractivity contribution in [3.05, 3.63) is 56.0 Å². The lowest BCUT2D eigenvalue weighted by molar-refractivity contribution is -0.135. The molecule has 4 aliphatic heterocycles. The highest BCUT2D eigenvalue weighted by molar-refractivity contribution is 9.11. The van der Waals surface area contributed by atoms with Gasteiger partial charge in [-0.3, -0.25) is 4.79 Å². The van der Waals surface area contributed by atoms with Crippen LogP contribution in [0.1, 0.15) is 66.4 Å². The first-order valence-electron chi connectivity index (χ1n) is 17.1. The Morgan fingerprint density at radius 1 is 0.918 bits per heavy atom. The minimum absolute atomic E-state index is 0.0668. The van der Waals surface area contributed by atoms with Gasteiger partial charge in [-0.05, 0) is 119 Å². The topological polar surface area (TPSA) is 135 Å². The number of ether oxygens (including phenoxy) is 1. The first kappa shape index (κ1) is 35.5. The molecule has 2 aromatic carbocycles. The second-order valence-corrected chi connectivity index (χ2v) is 15.1. The third-order valence-electron chi connectivity index (χ3n) is 10.4. The van der Waals surface area contributed by atoms with Crippen LogP contribution < -0.4 is 10.6 Å². The van der Waals surface area contributed by atoms with Gasteiger partial charge in [0.1, 0.15) is 11.8 Å². The Morgan fingerprint density at radius 2 is 1.55 bits per heavy atom. The Hall–Kier alpha value is -3.36. The van der Waals surface area contributed by atoms with Crippen LogP contribution >= 0.6 is 31.9 Å². The molecular formula is C35H44Br2N6O6. The fourth-order valence-corrected chi connectivity index (χ4v) is 8.84. The standard InChI is InChI=1S/C35H44Br2N6O6/c1-49-33(46)23-5-6-24-21-43(35(48)38-29(24)20-23)26-9-15-42(16-10-26)34(47)39-30(19-22-17-27(36)31(44)28(37)18-22)32(45)41-13-7-25(8-14-41)40-11-3-2-4-12-40/h5-6,17-18,20,25-26,30,44H,2-4,7-16,19,21H2,1H3,(H,38,48)(H,39,47)/t30-/m1/s1. The van der Waals surface area contributed by atoms with Gasteiger partial charge in [0.25, 0.3) is 0 Å². The van der Waals surface area contributed by atoms with E-state index < -0.39 is 12.0 Å². The highest BCUT2D eigenvalue weighted by Crippen LogP contribution is 2.34. The molecule has 0 unspecified atom stereocenters. The number of phenols is 1. The highest BCUT2D eigenvalue weighted by atomic mass is 79.9. The van der Waals surface area contributed by atoms with Gasteiger partial charge in [0, 0.05) is 56.9 Å². The molecule has 6 rings (SSSR count). The normalized spacial score (nSPS) is 20.0. The fourth-order valence-electron chi connectivity index (χ4n) is 7.56. The molecule has 0 spiro atoms. The van der Waals surface area contributed by atoms with Crippen LogP contribution in [0.25, 0.3) is 0 Å². The number of carbonyl (C=O) groups excluding carboxylic acids is 4. The predicted octanol–water partition coefficient (Wildman–Crippen LogP) is 5.31. The smallest absolute Gasteiger partial charge is 0.337 e. The monoisotopic (exact) mass is 802 g/mol. The highest BCUT2D eigenvalue weighted by Gasteiger charge is 2.36. The third-order valence-corrected chi connectivity index (χ3v) is 11.6. The molecule has 14 heteroatoms. The molecule has 0 aromatic heterocycles. The second-order valence-electron chi connectivity index (χ2n) is 13.4. The summed E-state index contributed by atoms with van der Waals surface area (Å²) in [6.45, 7) is 4.86. The van der Waals surface area contributed by atoms with Gasteiger partial charge in [-0.25, -0.2) is 14.4 Å². The number of anilines is 1. The van der Waals surface area contributed by atoms with Crippen molar-refractivity contribution < 1.29 is 29.0 Å². The van der Waals surface area contributed by atoms with Crippen molar-refractivity contribution in [2.24, 2.45) is 0 Å². The number of nitrogens with one attached hydrogen (secondary N) is 2. The molecule has 5 amide bonds. The van der Waals surface area contributed by atoms with Crippen molar-refractivity contribution in [1.82, 2.24) is 24.9 Å². The zero-order valence-corrected chi connectivity index (χ0v) is 30.9. The maximum Gasteiger partial charge on any atom is 0.337 e. The van der Waals surface area contributed by atoms with Crippen molar-refractivity contribution in [3.63, 3.8) is 0 Å². The molecule has 0 bridgehead atoms. The van der Waals surface area contributed by atoms with E-state index in [0.717, 1.165) is 37.1 Å². The zero-order valence-electron chi connectivity index (χ0n) is 27.8. The van der Waals surface area contributed by atoms with Crippen molar-refractivity contribution in [2.75, 3.05) is 51.7 Å². The first-order valence-corrected chi connectivity index (χ1v) is 18.7. The van der Waals surface area contributed by atoms with Crippen molar-refractivity contribution >= 4 is 61.5 Å². The molecule has 0 radical (unpaired) electrons. The Labute approximate surface area is 303 Å². The number of piperidine rings is 3. The summed E-state index contributed by atoms with van der Waals surface area (Å²) in [5.74, 6) is -0.481. The number of rotatable bonds is 7. The summed E-state index contributed by atoms with van der Waals surface area (Å²) in [4.78, 5) is 60.7. The average molecular weight is 805 g/mol. The number of halogens is 2. The number of benzene rings is 2. The molecule has 1 atom stereocenters. The average Bonchev–Trinajstić information content (AvgIpc) is 3.12. The lowest BCUT2D eigenvalue weighted by Gasteiger charge is -2.42. The Morgan fingerprint density at radius 3 is 2.20 bits per heavy atom. The van der Waals surface area contributed by atoms with Gasteiger partial charge in [-0.2, -0.15) is 0 Å². The van der Waals surface area contributed by atoms with E-state index >= 15 is 0 Å². The molecule has 0 saturated carbocycles. The summed E-state index contributed by atoms with van der Waals surface area (Å²) in [6, 6.07) is 7.81. The van der Waals surface area contributed by atoms with Crippen LogP contribution in [0, 0.1) is 0 Å². The predicted molar refractivity (Wildman–Crippen MR) is 191 cm³/mol. The van der Waals surface area contributed by atoms with Gasteiger partial charge in [0.2, 0.25) is 5.91 Å². The van der Waals surface area contributed by atoms with E-state index in [9.17, 15) is 24.3 Å². The number of urea groups is 2. The van der Waals surface area contributed by atoms with Gasteiger partial charge in [0.05, 0.1) is 21.6 Å². The number of phenolic OH excluding ortho intramolecular Hbond substituents is 1. The summed E-state index contributed by atoms with van der Waals surface area (Å²) < 4.78 is 5.81. The van der Waals surface area contributed by atoms with Crippen molar-refractivity contribution in [2.45, 2.75) is 76.0 Å². The van der Waals surface area contributed by atoms with Crippen LogP contribution in [0.2, 0.25) is 0 Å². The minimum atomic E-state index is -0.778. The van der Waals surface area contributed by atoms with E-state index in [-0.39, 0.29) is 36.2 Å². The zero-order chi connectivity index (χ0) is 34.7. The number of methoxy groups -OCH3 is 1. The molecule has 4 heterocycles. The SMILES string of the molecule is COC(=O)c1ccc2c(c1)NC(=O)N(C1CCN(C(=O)N[C@H](Cc3cc(Br)c(O)c(Br)c3)C(=O)N3CCC(N4CCCCC4)CC3)CC1)C2. The number of esters is 1. The van der Waals surface area contributed by atoms with E-state index in [1.54, 1.807) is 34.1 Å². The molecule has 3 N–H and O–H groups in total. The molecule has 264 valence electrons. The number of amides is 5. The number of nitrogens with zero attached hydrogens (tertiary/aromatic N) is 4. The Balaban J connectivity index is 1.08. The van der Waals surface area contributed by atoms with Crippen molar-refractivity contribution in [1.29, 1.82) is 0 Å². The molecule has 12 nitrogen and oxygen atoms in total. The van der Waals surface area contributed by atoms with E-state index in [0.29, 0.717) is 71.8 Å². The summed E-state index contributed by atoms with van der Waals surface area (Å²) in [5, 5.41) is 16.2. The Bertz CT molecular complexity index is 1550. The maximum absolute atomic E-state index is 14.0. The van der Waals surface area contributed by atoms with Crippen LogP contribution in [-0.2, 0) is 22.5 Å². The van der Waals surface area contributed by atoms with Crippen LogP contribution in [0.3, 0.4) is 0 Å². The third kappa shape index (κ3) is 8.18. The second kappa shape index (κ2) is 15.7. The van der Waals surface area contributed by atoms with Crippen LogP contribution in [-0.4, -0.2) is 113 Å². The van der Waals surface area contributed by atoms with Gasteiger partial charge in [-0.15, -0.1) is 0 Å². The van der Waals surface area contributed by atoms with Crippen molar-refractivity contribution in [3.8, 4) is 5.75 Å². The molecule has 49 heavy (non-hydrogen) atoms.